The molecule has 0 aliphatic carbocycles. The summed E-state index contributed by atoms with van der Waals surface area (Å²) in [7, 11) is 0. The van der Waals surface area contributed by atoms with E-state index in [1.54, 1.807) is 35.6 Å². The molecule has 1 N–H and O–H groups in total. The minimum absolute atomic E-state index is 0.137. The van der Waals surface area contributed by atoms with Crippen molar-refractivity contribution in [2.45, 2.75) is 39.8 Å². The quantitative estimate of drug-likeness (QED) is 0.569. The van der Waals surface area contributed by atoms with Gasteiger partial charge in [-0.1, -0.05) is 25.4 Å². The second kappa shape index (κ2) is 8.82. The topological polar surface area (TPSA) is 64.1 Å². The number of amides is 1. The maximum absolute atomic E-state index is 12.5. The van der Waals surface area contributed by atoms with E-state index in [1.807, 2.05) is 12.3 Å². The van der Waals surface area contributed by atoms with Crippen LogP contribution in [0.15, 0.2) is 29.6 Å². The van der Waals surface area contributed by atoms with E-state index in [0.717, 1.165) is 15.7 Å². The van der Waals surface area contributed by atoms with Gasteiger partial charge in [-0.2, -0.15) is 0 Å². The zero-order chi connectivity index (χ0) is 19.4. The third-order valence-electron chi connectivity index (χ3n) is 3.72. The van der Waals surface area contributed by atoms with Gasteiger partial charge < -0.3 is 10.1 Å². The number of rotatable bonds is 7. The Kier molecular flexibility index (Phi) is 6.46. The number of carbonyl (C=O) groups is 1. The van der Waals surface area contributed by atoms with Gasteiger partial charge in [0.1, 0.15) is 22.2 Å². The predicted octanol–water partition coefficient (Wildman–Crippen LogP) is 5.19. The van der Waals surface area contributed by atoms with Crippen molar-refractivity contribution >= 4 is 40.2 Å². The van der Waals surface area contributed by atoms with Gasteiger partial charge in [-0.3, -0.25) is 4.79 Å². The Morgan fingerprint density at radius 1 is 1.26 bits per heavy atom. The SMILES string of the molecule is Cc1nc(COc2ccc(Cl)cc2)sc1C(=O)NCc1csc(C(C)C)n1. The molecule has 27 heavy (non-hydrogen) atoms. The summed E-state index contributed by atoms with van der Waals surface area (Å²) in [6.07, 6.45) is 0. The summed E-state index contributed by atoms with van der Waals surface area (Å²) < 4.78 is 5.70. The van der Waals surface area contributed by atoms with E-state index < -0.39 is 0 Å². The maximum atomic E-state index is 12.5. The highest BCUT2D eigenvalue weighted by molar-refractivity contribution is 7.13. The molecule has 2 aromatic heterocycles. The Balaban J connectivity index is 1.57. The number of halogens is 1. The highest BCUT2D eigenvalue weighted by Gasteiger charge is 2.16. The van der Waals surface area contributed by atoms with Crippen molar-refractivity contribution in [2.75, 3.05) is 0 Å². The number of nitrogens with zero attached hydrogens (tertiary/aromatic N) is 2. The highest BCUT2D eigenvalue weighted by atomic mass is 35.5. The van der Waals surface area contributed by atoms with Gasteiger partial charge in [0.05, 0.1) is 22.9 Å². The average molecular weight is 422 g/mol. The monoisotopic (exact) mass is 421 g/mol. The van der Waals surface area contributed by atoms with E-state index in [9.17, 15) is 4.79 Å². The molecule has 3 rings (SSSR count). The van der Waals surface area contributed by atoms with Gasteiger partial charge in [0.25, 0.3) is 5.91 Å². The van der Waals surface area contributed by atoms with Crippen molar-refractivity contribution < 1.29 is 9.53 Å². The molecule has 0 aliphatic rings. The molecule has 0 unspecified atom stereocenters. The number of ether oxygens (including phenoxy) is 1. The molecule has 1 aromatic carbocycles. The molecule has 0 bridgehead atoms. The van der Waals surface area contributed by atoms with Crippen molar-refractivity contribution in [3.8, 4) is 5.75 Å². The zero-order valence-electron chi connectivity index (χ0n) is 15.3. The second-order valence-corrected chi connectivity index (χ2v) is 8.69. The van der Waals surface area contributed by atoms with Crippen LogP contribution in [0, 0.1) is 6.92 Å². The molecule has 2 heterocycles. The molecule has 142 valence electrons. The van der Waals surface area contributed by atoms with Crippen LogP contribution in [0.3, 0.4) is 0 Å². The van der Waals surface area contributed by atoms with E-state index in [1.165, 1.54) is 11.3 Å². The fourth-order valence-electron chi connectivity index (χ4n) is 2.32. The number of benzene rings is 1. The minimum atomic E-state index is -0.137. The van der Waals surface area contributed by atoms with Crippen molar-refractivity contribution in [1.82, 2.24) is 15.3 Å². The number of carbonyl (C=O) groups excluding carboxylic acids is 1. The van der Waals surface area contributed by atoms with Crippen LogP contribution in [0.4, 0.5) is 0 Å². The fourth-order valence-corrected chi connectivity index (χ4v) is 4.18. The van der Waals surface area contributed by atoms with Crippen LogP contribution in [0.25, 0.3) is 0 Å². The largest absolute Gasteiger partial charge is 0.486 e. The smallest absolute Gasteiger partial charge is 0.263 e. The summed E-state index contributed by atoms with van der Waals surface area (Å²) in [5.41, 5.74) is 1.58. The van der Waals surface area contributed by atoms with Gasteiger partial charge in [-0.25, -0.2) is 9.97 Å². The summed E-state index contributed by atoms with van der Waals surface area (Å²) >= 11 is 8.83. The van der Waals surface area contributed by atoms with Crippen molar-refractivity contribution in [1.29, 1.82) is 0 Å². The van der Waals surface area contributed by atoms with E-state index in [-0.39, 0.29) is 5.91 Å². The van der Waals surface area contributed by atoms with E-state index in [0.29, 0.717) is 40.4 Å². The van der Waals surface area contributed by atoms with Crippen LogP contribution in [-0.4, -0.2) is 15.9 Å². The van der Waals surface area contributed by atoms with Gasteiger partial charge in [-0.05, 0) is 31.2 Å². The number of aryl methyl sites for hydroxylation is 1. The number of thiazole rings is 2. The molecule has 0 spiro atoms. The van der Waals surface area contributed by atoms with Crippen LogP contribution in [0.2, 0.25) is 5.02 Å². The standard InChI is InChI=1S/C19H20ClN3O2S2/c1-11(2)19-23-14(10-26-19)8-21-18(24)17-12(3)22-16(27-17)9-25-15-6-4-13(20)5-7-15/h4-7,10-11H,8-9H2,1-3H3,(H,21,24). The third kappa shape index (κ3) is 5.28. The molecular formula is C19H20ClN3O2S2. The first kappa shape index (κ1) is 19.8. The molecule has 1 amide bonds. The molecular weight excluding hydrogens is 402 g/mol. The lowest BCUT2D eigenvalue weighted by Gasteiger charge is -2.03. The van der Waals surface area contributed by atoms with E-state index in [4.69, 9.17) is 16.3 Å². The molecule has 8 heteroatoms. The van der Waals surface area contributed by atoms with Gasteiger partial charge in [-0.15, -0.1) is 22.7 Å². The van der Waals surface area contributed by atoms with Crippen LogP contribution in [0.5, 0.6) is 5.75 Å². The molecule has 0 saturated heterocycles. The van der Waals surface area contributed by atoms with Crippen molar-refractivity contribution in [2.24, 2.45) is 0 Å². The molecule has 0 atom stereocenters. The molecule has 3 aromatic rings. The van der Waals surface area contributed by atoms with E-state index in [2.05, 4.69) is 29.1 Å². The van der Waals surface area contributed by atoms with Crippen LogP contribution in [0.1, 0.15) is 50.8 Å². The predicted molar refractivity (Wildman–Crippen MR) is 110 cm³/mol. The average Bonchev–Trinajstić information content (AvgIpc) is 3.26. The first-order valence-corrected chi connectivity index (χ1v) is 10.6. The second-order valence-electron chi connectivity index (χ2n) is 6.28. The Labute approximate surface area is 171 Å². The molecule has 0 aliphatic heterocycles. The summed E-state index contributed by atoms with van der Waals surface area (Å²) in [5, 5.41) is 7.40. The highest BCUT2D eigenvalue weighted by Crippen LogP contribution is 2.22. The summed E-state index contributed by atoms with van der Waals surface area (Å²) in [6, 6.07) is 7.14. The lowest BCUT2D eigenvalue weighted by atomic mass is 10.2. The Morgan fingerprint density at radius 2 is 2.00 bits per heavy atom. The van der Waals surface area contributed by atoms with Gasteiger partial charge >= 0.3 is 0 Å². The lowest BCUT2D eigenvalue weighted by molar-refractivity contribution is 0.0953. The molecule has 0 radical (unpaired) electrons. The number of aromatic nitrogens is 2. The van der Waals surface area contributed by atoms with Crippen molar-refractivity contribution in [3.05, 3.63) is 60.9 Å². The summed E-state index contributed by atoms with van der Waals surface area (Å²) in [6.45, 7) is 6.77. The molecule has 5 nitrogen and oxygen atoms in total. The van der Waals surface area contributed by atoms with Crippen LogP contribution >= 0.6 is 34.3 Å². The maximum Gasteiger partial charge on any atom is 0.263 e. The van der Waals surface area contributed by atoms with Crippen molar-refractivity contribution in [3.63, 3.8) is 0 Å². The third-order valence-corrected chi connectivity index (χ3v) is 6.29. The number of hydrogen-bond donors (Lipinski definition) is 1. The summed E-state index contributed by atoms with van der Waals surface area (Å²) in [5.74, 6) is 0.968. The van der Waals surface area contributed by atoms with E-state index >= 15 is 0 Å². The van der Waals surface area contributed by atoms with Gasteiger partial charge in [0, 0.05) is 16.3 Å². The number of nitrogens with one attached hydrogen (secondary N) is 1. The first-order valence-electron chi connectivity index (χ1n) is 8.49. The van der Waals surface area contributed by atoms with Gasteiger partial charge in [0.15, 0.2) is 0 Å². The first-order chi connectivity index (χ1) is 12.9. The van der Waals surface area contributed by atoms with Crippen LogP contribution < -0.4 is 10.1 Å². The normalized spacial score (nSPS) is 11.0. The molecule has 0 fully saturated rings. The number of hydrogen-bond acceptors (Lipinski definition) is 6. The molecule has 0 saturated carbocycles. The minimum Gasteiger partial charge on any atom is -0.486 e. The Hall–Kier alpha value is -1.96. The Bertz CT molecular complexity index is 919. The lowest BCUT2D eigenvalue weighted by Crippen LogP contribution is -2.22. The Morgan fingerprint density at radius 3 is 2.67 bits per heavy atom. The van der Waals surface area contributed by atoms with Crippen LogP contribution in [-0.2, 0) is 13.2 Å². The summed E-state index contributed by atoms with van der Waals surface area (Å²) in [4.78, 5) is 22.1. The fraction of sp³-hybridized carbons (Fsp3) is 0.316. The zero-order valence-corrected chi connectivity index (χ0v) is 17.7. The van der Waals surface area contributed by atoms with Gasteiger partial charge in [0.2, 0.25) is 0 Å².